The molecule has 0 aromatic heterocycles. The van der Waals surface area contributed by atoms with E-state index in [2.05, 4.69) is 0 Å². The second-order valence-electron chi connectivity index (χ2n) is 3.92. The van der Waals surface area contributed by atoms with Crippen LogP contribution in [-0.4, -0.2) is 24.6 Å². The molecule has 0 bridgehead atoms. The third-order valence-electron chi connectivity index (χ3n) is 2.80. The molecule has 2 amide bonds. The van der Waals surface area contributed by atoms with Crippen molar-refractivity contribution in [1.82, 2.24) is 0 Å². The van der Waals surface area contributed by atoms with Crippen molar-refractivity contribution in [3.63, 3.8) is 0 Å². The lowest BCUT2D eigenvalue weighted by atomic mass is 10.2. The molecule has 3 rings (SSSR count). The van der Waals surface area contributed by atoms with E-state index in [1.807, 2.05) is 0 Å². The smallest absolute Gasteiger partial charge is 0.251 e. The summed E-state index contributed by atoms with van der Waals surface area (Å²) in [7, 11) is 0. The highest BCUT2D eigenvalue weighted by molar-refractivity contribution is 6.22. The van der Waals surface area contributed by atoms with Crippen LogP contribution in [0.2, 0.25) is 0 Å². The minimum absolute atomic E-state index is 0. The van der Waals surface area contributed by atoms with E-state index >= 15 is 0 Å². The summed E-state index contributed by atoms with van der Waals surface area (Å²) in [5.41, 5.74) is 6.01. The standard InChI is InChI=1S/C11H10N2O4.ClH/c12-7-4-10(14)13(11(7)15)6-1-2-8-9(3-6)17-5-16-8;/h1-3,7H,4-5,12H2;1H/t7-;/m0./s1. The molecule has 0 unspecified atom stereocenters. The largest absolute Gasteiger partial charge is 0.454 e. The summed E-state index contributed by atoms with van der Waals surface area (Å²) in [6.07, 6.45) is 0.0489. The first-order valence-electron chi connectivity index (χ1n) is 5.19. The van der Waals surface area contributed by atoms with Crippen LogP contribution >= 0.6 is 12.4 Å². The summed E-state index contributed by atoms with van der Waals surface area (Å²) >= 11 is 0. The Bertz CT molecular complexity index is 520. The highest BCUT2D eigenvalue weighted by Gasteiger charge is 2.37. The number of fused-ring (bicyclic) bond motifs is 1. The van der Waals surface area contributed by atoms with Crippen molar-refractivity contribution in [2.45, 2.75) is 12.5 Å². The highest BCUT2D eigenvalue weighted by Crippen LogP contribution is 2.36. The fourth-order valence-electron chi connectivity index (χ4n) is 1.95. The van der Waals surface area contributed by atoms with Crippen LogP contribution in [0.3, 0.4) is 0 Å². The summed E-state index contributed by atoms with van der Waals surface area (Å²) in [5, 5.41) is 0. The van der Waals surface area contributed by atoms with Crippen molar-refractivity contribution in [3.8, 4) is 11.5 Å². The quantitative estimate of drug-likeness (QED) is 0.748. The number of halogens is 1. The molecule has 7 heteroatoms. The van der Waals surface area contributed by atoms with E-state index in [-0.39, 0.29) is 37.4 Å². The van der Waals surface area contributed by atoms with Crippen LogP contribution < -0.4 is 20.1 Å². The second kappa shape index (κ2) is 4.47. The van der Waals surface area contributed by atoms with Crippen molar-refractivity contribution in [3.05, 3.63) is 18.2 Å². The second-order valence-corrected chi connectivity index (χ2v) is 3.92. The van der Waals surface area contributed by atoms with Gasteiger partial charge in [-0.05, 0) is 12.1 Å². The minimum atomic E-state index is -0.743. The Morgan fingerprint density at radius 3 is 2.61 bits per heavy atom. The molecule has 2 aliphatic heterocycles. The number of carbonyl (C=O) groups is 2. The van der Waals surface area contributed by atoms with Crippen LogP contribution in [0.15, 0.2) is 18.2 Å². The predicted octanol–water partition coefficient (Wildman–Crippen LogP) is 0.428. The van der Waals surface area contributed by atoms with Gasteiger partial charge in [0.1, 0.15) is 0 Å². The number of benzene rings is 1. The van der Waals surface area contributed by atoms with Gasteiger partial charge < -0.3 is 15.2 Å². The number of amides is 2. The monoisotopic (exact) mass is 270 g/mol. The van der Waals surface area contributed by atoms with Gasteiger partial charge in [-0.25, -0.2) is 4.90 Å². The van der Waals surface area contributed by atoms with E-state index in [0.29, 0.717) is 17.2 Å². The van der Waals surface area contributed by atoms with Crippen LogP contribution in [0.5, 0.6) is 11.5 Å². The number of imide groups is 1. The molecule has 1 saturated heterocycles. The Labute approximate surface area is 109 Å². The fourth-order valence-corrected chi connectivity index (χ4v) is 1.95. The van der Waals surface area contributed by atoms with Gasteiger partial charge in [-0.3, -0.25) is 9.59 Å². The van der Waals surface area contributed by atoms with E-state index in [1.165, 1.54) is 0 Å². The number of carbonyl (C=O) groups excluding carboxylic acids is 2. The van der Waals surface area contributed by atoms with Crippen molar-refractivity contribution in [2.75, 3.05) is 11.7 Å². The van der Waals surface area contributed by atoms with E-state index in [1.54, 1.807) is 18.2 Å². The van der Waals surface area contributed by atoms with Crippen molar-refractivity contribution in [2.24, 2.45) is 5.73 Å². The molecule has 0 aliphatic carbocycles. The molecular formula is C11H11ClN2O4. The van der Waals surface area contributed by atoms with Gasteiger partial charge in [0.05, 0.1) is 18.2 Å². The molecule has 0 radical (unpaired) electrons. The summed E-state index contributed by atoms with van der Waals surface area (Å²) < 4.78 is 10.3. The van der Waals surface area contributed by atoms with Gasteiger partial charge in [-0.15, -0.1) is 12.4 Å². The Kier molecular flexibility index (Phi) is 3.14. The minimum Gasteiger partial charge on any atom is -0.454 e. The predicted molar refractivity (Wildman–Crippen MR) is 64.9 cm³/mol. The number of ether oxygens (including phenoxy) is 2. The number of nitrogens with two attached hydrogens (primary N) is 1. The Balaban J connectivity index is 0.00000120. The van der Waals surface area contributed by atoms with Gasteiger partial charge in [0.15, 0.2) is 11.5 Å². The molecule has 6 nitrogen and oxygen atoms in total. The summed E-state index contributed by atoms with van der Waals surface area (Å²) in [6, 6.07) is 4.17. The van der Waals surface area contributed by atoms with Crippen molar-refractivity contribution in [1.29, 1.82) is 0 Å². The SMILES string of the molecule is Cl.N[C@H]1CC(=O)N(c2ccc3c(c2)OCO3)C1=O. The zero-order valence-corrected chi connectivity index (χ0v) is 10.1. The van der Waals surface area contributed by atoms with Crippen LogP contribution in [0.1, 0.15) is 6.42 Å². The van der Waals surface area contributed by atoms with Gasteiger partial charge in [-0.1, -0.05) is 0 Å². The topological polar surface area (TPSA) is 81.9 Å². The van der Waals surface area contributed by atoms with Gasteiger partial charge >= 0.3 is 0 Å². The number of hydrogen-bond donors (Lipinski definition) is 1. The summed E-state index contributed by atoms with van der Waals surface area (Å²) in [6.45, 7) is 0.153. The molecular weight excluding hydrogens is 260 g/mol. The third kappa shape index (κ3) is 1.79. The van der Waals surface area contributed by atoms with Crippen molar-refractivity contribution >= 4 is 29.9 Å². The normalized spacial score (nSPS) is 21.2. The molecule has 1 fully saturated rings. The molecule has 2 heterocycles. The molecule has 2 N–H and O–H groups in total. The first kappa shape index (κ1) is 12.7. The molecule has 0 saturated carbocycles. The Morgan fingerprint density at radius 2 is 1.94 bits per heavy atom. The average Bonchev–Trinajstić information content (AvgIpc) is 2.84. The first-order chi connectivity index (χ1) is 8.16. The highest BCUT2D eigenvalue weighted by atomic mass is 35.5. The lowest BCUT2D eigenvalue weighted by molar-refractivity contribution is -0.121. The third-order valence-corrected chi connectivity index (χ3v) is 2.80. The molecule has 2 aliphatic rings. The van der Waals surface area contributed by atoms with E-state index in [9.17, 15) is 9.59 Å². The average molecular weight is 271 g/mol. The number of hydrogen-bond acceptors (Lipinski definition) is 5. The summed E-state index contributed by atoms with van der Waals surface area (Å²) in [5.74, 6) is 0.468. The zero-order valence-electron chi connectivity index (χ0n) is 9.29. The van der Waals surface area contributed by atoms with E-state index in [4.69, 9.17) is 15.2 Å². The molecule has 1 aromatic rings. The summed E-state index contributed by atoms with van der Waals surface area (Å²) in [4.78, 5) is 24.5. The fraction of sp³-hybridized carbons (Fsp3) is 0.273. The maximum absolute atomic E-state index is 11.7. The lowest BCUT2D eigenvalue weighted by Crippen LogP contribution is -2.35. The number of nitrogens with zero attached hydrogens (tertiary/aromatic N) is 1. The van der Waals surface area contributed by atoms with Crippen LogP contribution in [0.25, 0.3) is 0 Å². The lowest BCUT2D eigenvalue weighted by Gasteiger charge is -2.14. The van der Waals surface area contributed by atoms with Crippen molar-refractivity contribution < 1.29 is 19.1 Å². The van der Waals surface area contributed by atoms with E-state index in [0.717, 1.165) is 4.90 Å². The molecule has 18 heavy (non-hydrogen) atoms. The zero-order chi connectivity index (χ0) is 12.0. The molecule has 0 spiro atoms. The molecule has 1 atom stereocenters. The molecule has 96 valence electrons. The number of rotatable bonds is 1. The van der Waals surface area contributed by atoms with Gasteiger partial charge in [-0.2, -0.15) is 0 Å². The first-order valence-corrected chi connectivity index (χ1v) is 5.19. The Morgan fingerprint density at radius 1 is 1.22 bits per heavy atom. The van der Waals surface area contributed by atoms with Gasteiger partial charge in [0.2, 0.25) is 12.7 Å². The molecule has 1 aromatic carbocycles. The van der Waals surface area contributed by atoms with Crippen LogP contribution in [-0.2, 0) is 9.59 Å². The maximum Gasteiger partial charge on any atom is 0.251 e. The Hall–Kier alpha value is -1.79. The maximum atomic E-state index is 11.7. The van der Waals surface area contributed by atoms with Gasteiger partial charge in [0.25, 0.3) is 5.91 Å². The van der Waals surface area contributed by atoms with Gasteiger partial charge in [0, 0.05) is 6.07 Å². The number of anilines is 1. The van der Waals surface area contributed by atoms with Crippen LogP contribution in [0.4, 0.5) is 5.69 Å². The van der Waals surface area contributed by atoms with Crippen LogP contribution in [0, 0.1) is 0 Å². The van der Waals surface area contributed by atoms with E-state index < -0.39 is 6.04 Å².